The molecule has 1 aromatic heterocycles. The van der Waals surface area contributed by atoms with Gasteiger partial charge in [-0.15, -0.1) is 0 Å². The smallest absolute Gasteiger partial charge is 0.340 e. The van der Waals surface area contributed by atoms with Crippen LogP contribution in [0.5, 0.6) is 0 Å². The summed E-state index contributed by atoms with van der Waals surface area (Å²) in [6.07, 6.45) is -1.83. The van der Waals surface area contributed by atoms with E-state index >= 15 is 0 Å². The summed E-state index contributed by atoms with van der Waals surface area (Å²) in [6.45, 7) is 0.845. The molecule has 142 valence electrons. The molecule has 3 aromatic rings. The highest BCUT2D eigenvalue weighted by atomic mass is 19.4. The van der Waals surface area contributed by atoms with Gasteiger partial charge in [0.2, 0.25) is 0 Å². The Morgan fingerprint density at radius 1 is 1.00 bits per heavy atom. The second kappa shape index (κ2) is 6.99. The maximum Gasteiger partial charge on any atom is 0.416 e. The summed E-state index contributed by atoms with van der Waals surface area (Å²) >= 11 is 0. The van der Waals surface area contributed by atoms with Crippen LogP contribution in [-0.2, 0) is 12.6 Å². The van der Waals surface area contributed by atoms with Crippen LogP contribution >= 0.6 is 0 Å². The van der Waals surface area contributed by atoms with Crippen molar-refractivity contribution in [2.75, 3.05) is 16.8 Å². The zero-order valence-electron chi connectivity index (χ0n) is 14.7. The van der Waals surface area contributed by atoms with Crippen molar-refractivity contribution in [2.45, 2.75) is 12.6 Å². The van der Waals surface area contributed by atoms with E-state index in [9.17, 15) is 18.0 Å². The van der Waals surface area contributed by atoms with Crippen LogP contribution in [0.1, 0.15) is 21.6 Å². The average molecular weight is 383 g/mol. The maximum absolute atomic E-state index is 12.6. The third kappa shape index (κ3) is 3.55. The minimum Gasteiger partial charge on any atom is -0.340 e. The number of halogens is 3. The summed E-state index contributed by atoms with van der Waals surface area (Å²) in [5.74, 6) is -0.479. The number of benzene rings is 2. The molecular weight excluding hydrogens is 367 g/mol. The second-order valence-electron chi connectivity index (χ2n) is 6.46. The van der Waals surface area contributed by atoms with Crippen LogP contribution in [0.15, 0.2) is 66.9 Å². The summed E-state index contributed by atoms with van der Waals surface area (Å²) in [5.41, 5.74) is 2.99. The Morgan fingerprint density at radius 3 is 2.43 bits per heavy atom. The SMILES string of the molecule is O=C(Nc1ccc(C(F)(F)F)cc1)c1ccc(N2CCc3ccccc32)cn1. The molecule has 0 saturated carbocycles. The average Bonchev–Trinajstić information content (AvgIpc) is 3.12. The van der Waals surface area contributed by atoms with Crippen molar-refractivity contribution in [3.05, 3.63) is 83.7 Å². The van der Waals surface area contributed by atoms with Crippen LogP contribution in [0.3, 0.4) is 0 Å². The van der Waals surface area contributed by atoms with Gasteiger partial charge in [0.15, 0.2) is 0 Å². The van der Waals surface area contributed by atoms with Gasteiger partial charge < -0.3 is 10.2 Å². The molecule has 0 radical (unpaired) electrons. The minimum absolute atomic E-state index is 0.191. The van der Waals surface area contributed by atoms with E-state index in [1.807, 2.05) is 24.3 Å². The van der Waals surface area contributed by atoms with Gasteiger partial charge in [0, 0.05) is 17.9 Å². The van der Waals surface area contributed by atoms with Gasteiger partial charge in [-0.2, -0.15) is 13.2 Å². The highest BCUT2D eigenvalue weighted by molar-refractivity contribution is 6.03. The number of aromatic nitrogens is 1. The molecule has 2 aromatic carbocycles. The van der Waals surface area contributed by atoms with Crippen LogP contribution in [0.4, 0.5) is 30.2 Å². The van der Waals surface area contributed by atoms with Gasteiger partial charge in [-0.25, -0.2) is 4.98 Å². The Labute approximate surface area is 159 Å². The quantitative estimate of drug-likeness (QED) is 0.689. The molecule has 4 nitrogen and oxygen atoms in total. The molecule has 1 N–H and O–H groups in total. The Balaban J connectivity index is 1.46. The number of carbonyl (C=O) groups excluding carboxylic acids is 1. The number of carbonyl (C=O) groups is 1. The first kappa shape index (κ1) is 18.0. The highest BCUT2D eigenvalue weighted by Gasteiger charge is 2.30. The van der Waals surface area contributed by atoms with Crippen molar-refractivity contribution in [3.8, 4) is 0 Å². The van der Waals surface area contributed by atoms with E-state index in [1.54, 1.807) is 12.3 Å². The van der Waals surface area contributed by atoms with Gasteiger partial charge in [-0.05, 0) is 54.4 Å². The normalized spacial score (nSPS) is 13.3. The molecule has 2 heterocycles. The zero-order valence-corrected chi connectivity index (χ0v) is 14.7. The first-order valence-corrected chi connectivity index (χ1v) is 8.72. The molecule has 1 aliphatic rings. The second-order valence-corrected chi connectivity index (χ2v) is 6.46. The summed E-state index contributed by atoms with van der Waals surface area (Å²) < 4.78 is 37.8. The van der Waals surface area contributed by atoms with Crippen LogP contribution in [0.25, 0.3) is 0 Å². The van der Waals surface area contributed by atoms with Crippen LogP contribution in [0, 0.1) is 0 Å². The lowest BCUT2D eigenvalue weighted by Crippen LogP contribution is -2.16. The number of rotatable bonds is 3. The third-order valence-electron chi connectivity index (χ3n) is 4.65. The van der Waals surface area contributed by atoms with Gasteiger partial charge in [-0.1, -0.05) is 18.2 Å². The molecule has 4 rings (SSSR count). The summed E-state index contributed by atoms with van der Waals surface area (Å²) in [7, 11) is 0. The highest BCUT2D eigenvalue weighted by Crippen LogP contribution is 2.34. The topological polar surface area (TPSA) is 45.2 Å². The van der Waals surface area contributed by atoms with E-state index in [4.69, 9.17) is 0 Å². The number of fused-ring (bicyclic) bond motifs is 1. The van der Waals surface area contributed by atoms with E-state index in [2.05, 4.69) is 21.3 Å². The Morgan fingerprint density at radius 2 is 1.75 bits per heavy atom. The number of hydrogen-bond acceptors (Lipinski definition) is 3. The van der Waals surface area contributed by atoms with E-state index in [0.29, 0.717) is 0 Å². The van der Waals surface area contributed by atoms with Crippen molar-refractivity contribution in [1.82, 2.24) is 4.98 Å². The molecule has 0 unspecified atom stereocenters. The largest absolute Gasteiger partial charge is 0.416 e. The van der Waals surface area contributed by atoms with Gasteiger partial charge >= 0.3 is 6.18 Å². The van der Waals surface area contributed by atoms with Gasteiger partial charge in [0.25, 0.3) is 5.91 Å². The predicted octanol–water partition coefficient (Wildman–Crippen LogP) is 5.05. The van der Waals surface area contributed by atoms with Gasteiger partial charge in [0.05, 0.1) is 17.4 Å². The molecule has 0 atom stereocenters. The molecule has 28 heavy (non-hydrogen) atoms. The van der Waals surface area contributed by atoms with Crippen molar-refractivity contribution in [1.29, 1.82) is 0 Å². The number of alkyl halides is 3. The molecule has 7 heteroatoms. The monoisotopic (exact) mass is 383 g/mol. The van der Waals surface area contributed by atoms with Crippen molar-refractivity contribution in [3.63, 3.8) is 0 Å². The fraction of sp³-hybridized carbons (Fsp3) is 0.143. The number of nitrogens with zero attached hydrogens (tertiary/aromatic N) is 2. The number of amides is 1. The Bertz CT molecular complexity index is 999. The number of hydrogen-bond donors (Lipinski definition) is 1. The zero-order chi connectivity index (χ0) is 19.7. The molecule has 0 fully saturated rings. The minimum atomic E-state index is -4.41. The van der Waals surface area contributed by atoms with Gasteiger partial charge in [0.1, 0.15) is 5.69 Å². The molecule has 1 aliphatic heterocycles. The molecule has 0 spiro atoms. The summed E-state index contributed by atoms with van der Waals surface area (Å²) in [5, 5.41) is 2.56. The molecule has 0 aliphatic carbocycles. The van der Waals surface area contributed by atoms with Crippen molar-refractivity contribution < 1.29 is 18.0 Å². The predicted molar refractivity (Wildman–Crippen MR) is 101 cm³/mol. The van der Waals surface area contributed by atoms with Crippen molar-refractivity contribution >= 4 is 23.0 Å². The number of para-hydroxylation sites is 1. The van der Waals surface area contributed by atoms with Crippen LogP contribution < -0.4 is 10.2 Å². The van der Waals surface area contributed by atoms with E-state index in [1.165, 1.54) is 17.7 Å². The standard InChI is InChI=1S/C21H16F3N3O/c22-21(23,24)15-5-7-16(8-6-15)26-20(28)18-10-9-17(13-25-18)27-12-11-14-3-1-2-4-19(14)27/h1-10,13H,11-12H2,(H,26,28). The summed E-state index contributed by atoms with van der Waals surface area (Å²) in [6, 6.07) is 15.8. The van der Waals surface area contributed by atoms with Gasteiger partial charge in [-0.3, -0.25) is 4.79 Å². The van der Waals surface area contributed by atoms with E-state index < -0.39 is 17.6 Å². The first-order chi connectivity index (χ1) is 13.4. The molecule has 0 saturated heterocycles. The fourth-order valence-electron chi connectivity index (χ4n) is 3.22. The molecule has 1 amide bonds. The van der Waals surface area contributed by atoms with Crippen LogP contribution in [-0.4, -0.2) is 17.4 Å². The lowest BCUT2D eigenvalue weighted by molar-refractivity contribution is -0.137. The van der Waals surface area contributed by atoms with E-state index in [-0.39, 0.29) is 11.4 Å². The Hall–Kier alpha value is -3.35. The lowest BCUT2D eigenvalue weighted by Gasteiger charge is -2.19. The number of pyridine rings is 1. The lowest BCUT2D eigenvalue weighted by atomic mass is 10.2. The summed E-state index contributed by atoms with van der Waals surface area (Å²) in [4.78, 5) is 18.7. The molecule has 0 bridgehead atoms. The van der Waals surface area contributed by atoms with Crippen molar-refractivity contribution in [2.24, 2.45) is 0 Å². The first-order valence-electron chi connectivity index (χ1n) is 8.72. The van der Waals surface area contributed by atoms with Crippen LogP contribution in [0.2, 0.25) is 0 Å². The molecular formula is C21H16F3N3O. The Kier molecular flexibility index (Phi) is 4.50. The maximum atomic E-state index is 12.6. The fourth-order valence-corrected chi connectivity index (χ4v) is 3.22. The third-order valence-corrected chi connectivity index (χ3v) is 4.65. The number of nitrogens with one attached hydrogen (secondary N) is 1. The number of anilines is 3. The van der Waals surface area contributed by atoms with E-state index in [0.717, 1.165) is 36.5 Å².